The highest BCUT2D eigenvalue weighted by atomic mass is 16.7. The molecular weight excluding hydrogens is 496 g/mol. The van der Waals surface area contributed by atoms with Gasteiger partial charge in [-0.2, -0.15) is 5.06 Å². The van der Waals surface area contributed by atoms with Crippen LogP contribution in [-0.4, -0.2) is 71.8 Å². The molecule has 0 aromatic heterocycles. The van der Waals surface area contributed by atoms with E-state index in [-0.39, 0.29) is 19.0 Å². The fourth-order valence-electron chi connectivity index (χ4n) is 5.98. The quantitative estimate of drug-likeness (QED) is 0.313. The summed E-state index contributed by atoms with van der Waals surface area (Å²) in [5.41, 5.74) is -2.52. The molecule has 2 saturated heterocycles. The summed E-state index contributed by atoms with van der Waals surface area (Å²) in [7, 11) is 0. The first-order valence-electron chi connectivity index (χ1n) is 14.7. The van der Waals surface area contributed by atoms with Crippen molar-refractivity contribution in [2.24, 2.45) is 0 Å². The lowest BCUT2D eigenvalue weighted by Crippen LogP contribution is -2.70. The SMILES string of the molecule is C=CCNC(=O)C(ON1C(C)(C)CC2(CC1(C)C)OCCCCCCCCCCCNC2=O)C(=O)NCC=C. The number of piperidine rings is 1. The van der Waals surface area contributed by atoms with Crippen molar-refractivity contribution in [2.45, 2.75) is 121 Å². The number of nitrogens with one attached hydrogen (secondary N) is 3. The molecule has 3 N–H and O–H groups in total. The predicted molar refractivity (Wildman–Crippen MR) is 154 cm³/mol. The molecule has 2 heterocycles. The third-order valence-electron chi connectivity index (χ3n) is 7.46. The standard InChI is InChI=1S/C30H52N4O5/c1-7-18-31-25(35)24(26(36)32-19-8-2)39-34-28(3,4)22-30(23-29(34,5)6)27(37)33-20-16-14-12-10-9-11-13-15-17-21-38-30/h7-8,24H,1-2,9-23H2,3-6H3,(H,31,35)(H,32,36)(H,33,37). The van der Waals surface area contributed by atoms with Crippen LogP contribution in [0.1, 0.15) is 98.3 Å². The molecule has 9 nitrogen and oxygen atoms in total. The van der Waals surface area contributed by atoms with Gasteiger partial charge in [-0.25, -0.2) is 0 Å². The van der Waals surface area contributed by atoms with Crippen molar-refractivity contribution < 1.29 is 24.0 Å². The van der Waals surface area contributed by atoms with E-state index in [1.165, 1.54) is 32.1 Å². The molecule has 0 saturated carbocycles. The first-order chi connectivity index (χ1) is 18.5. The number of hydrogen-bond donors (Lipinski definition) is 3. The van der Waals surface area contributed by atoms with Gasteiger partial charge < -0.3 is 20.7 Å². The van der Waals surface area contributed by atoms with E-state index in [2.05, 4.69) is 29.1 Å². The molecule has 9 heteroatoms. The van der Waals surface area contributed by atoms with E-state index in [0.29, 0.717) is 26.0 Å². The lowest BCUT2D eigenvalue weighted by Gasteiger charge is -2.57. The maximum absolute atomic E-state index is 13.7. The molecule has 0 atom stereocenters. The van der Waals surface area contributed by atoms with Crippen LogP contribution in [0.4, 0.5) is 0 Å². The Labute approximate surface area is 235 Å². The molecule has 2 aliphatic rings. The molecular formula is C30H52N4O5. The minimum absolute atomic E-state index is 0.0952. The van der Waals surface area contributed by atoms with Gasteiger partial charge >= 0.3 is 0 Å². The van der Waals surface area contributed by atoms with E-state index >= 15 is 0 Å². The average molecular weight is 549 g/mol. The summed E-state index contributed by atoms with van der Waals surface area (Å²) < 4.78 is 6.51. The van der Waals surface area contributed by atoms with E-state index in [1.807, 2.05) is 27.7 Å². The maximum atomic E-state index is 13.7. The number of amides is 3. The predicted octanol–water partition coefficient (Wildman–Crippen LogP) is 3.94. The van der Waals surface area contributed by atoms with Crippen molar-refractivity contribution in [2.75, 3.05) is 26.2 Å². The molecule has 0 bridgehead atoms. The Morgan fingerprint density at radius 2 is 1.36 bits per heavy atom. The zero-order valence-corrected chi connectivity index (χ0v) is 24.7. The van der Waals surface area contributed by atoms with Crippen LogP contribution in [0, 0.1) is 0 Å². The van der Waals surface area contributed by atoms with Gasteiger partial charge in [0.1, 0.15) is 5.60 Å². The number of carbonyl (C=O) groups is 3. The minimum atomic E-state index is -1.42. The Hall–Kier alpha value is -2.23. The van der Waals surface area contributed by atoms with Crippen LogP contribution in [0.3, 0.4) is 0 Å². The van der Waals surface area contributed by atoms with Gasteiger partial charge in [0, 0.05) is 50.2 Å². The lowest BCUT2D eigenvalue weighted by atomic mass is 9.71. The number of carbonyl (C=O) groups excluding carboxylic acids is 3. The fourth-order valence-corrected chi connectivity index (χ4v) is 5.98. The molecule has 39 heavy (non-hydrogen) atoms. The minimum Gasteiger partial charge on any atom is -0.365 e. The van der Waals surface area contributed by atoms with Gasteiger partial charge in [-0.3, -0.25) is 19.2 Å². The van der Waals surface area contributed by atoms with Crippen LogP contribution >= 0.6 is 0 Å². The molecule has 0 radical (unpaired) electrons. The number of hydrogen-bond acceptors (Lipinski definition) is 6. The highest BCUT2D eigenvalue weighted by molar-refractivity contribution is 6.03. The molecule has 2 rings (SSSR count). The summed E-state index contributed by atoms with van der Waals surface area (Å²) in [4.78, 5) is 45.9. The van der Waals surface area contributed by atoms with Gasteiger partial charge in [0.15, 0.2) is 0 Å². The topological polar surface area (TPSA) is 109 Å². The van der Waals surface area contributed by atoms with E-state index in [0.717, 1.165) is 25.7 Å². The van der Waals surface area contributed by atoms with Gasteiger partial charge in [0.2, 0.25) is 6.10 Å². The van der Waals surface area contributed by atoms with Crippen LogP contribution in [-0.2, 0) is 24.0 Å². The molecule has 0 aromatic rings. The highest BCUT2D eigenvalue weighted by Crippen LogP contribution is 2.46. The molecule has 2 aliphatic heterocycles. The molecule has 3 amide bonds. The van der Waals surface area contributed by atoms with Crippen molar-refractivity contribution in [3.05, 3.63) is 25.3 Å². The van der Waals surface area contributed by atoms with Crippen molar-refractivity contribution >= 4 is 17.7 Å². The zero-order chi connectivity index (χ0) is 28.9. The summed E-state index contributed by atoms with van der Waals surface area (Å²) in [6.07, 6.45) is 12.6. The fraction of sp³-hybridized carbons (Fsp3) is 0.767. The highest BCUT2D eigenvalue weighted by Gasteiger charge is 2.58. The number of hydroxylamine groups is 2. The second-order valence-electron chi connectivity index (χ2n) is 12.1. The molecule has 1 spiro atoms. The van der Waals surface area contributed by atoms with Gasteiger partial charge in [0.25, 0.3) is 17.7 Å². The molecule has 222 valence electrons. The van der Waals surface area contributed by atoms with E-state index in [4.69, 9.17) is 9.57 Å². The maximum Gasteiger partial charge on any atom is 0.261 e. The van der Waals surface area contributed by atoms with Crippen molar-refractivity contribution in [3.8, 4) is 0 Å². The third kappa shape index (κ3) is 9.72. The Bertz CT molecular complexity index is 799. The van der Waals surface area contributed by atoms with Crippen LogP contribution in [0.15, 0.2) is 25.3 Å². The first kappa shape index (κ1) is 33.0. The van der Waals surface area contributed by atoms with Crippen molar-refractivity contribution in [3.63, 3.8) is 0 Å². The monoisotopic (exact) mass is 548 g/mol. The Kier molecular flexibility index (Phi) is 13.1. The van der Waals surface area contributed by atoms with Crippen molar-refractivity contribution in [1.29, 1.82) is 0 Å². The number of rotatable bonds is 8. The second-order valence-corrected chi connectivity index (χ2v) is 12.1. The molecule has 0 aliphatic carbocycles. The lowest BCUT2D eigenvalue weighted by molar-refractivity contribution is -0.315. The third-order valence-corrected chi connectivity index (χ3v) is 7.46. The van der Waals surface area contributed by atoms with Gasteiger partial charge in [-0.05, 0) is 40.5 Å². The van der Waals surface area contributed by atoms with Gasteiger partial charge in [-0.15, -0.1) is 13.2 Å². The van der Waals surface area contributed by atoms with E-state index in [9.17, 15) is 14.4 Å². The van der Waals surface area contributed by atoms with Crippen molar-refractivity contribution in [1.82, 2.24) is 21.0 Å². The van der Waals surface area contributed by atoms with Crippen LogP contribution in [0.2, 0.25) is 0 Å². The molecule has 2 fully saturated rings. The second kappa shape index (κ2) is 15.5. The summed E-state index contributed by atoms with van der Waals surface area (Å²) in [5.74, 6) is -1.22. The summed E-state index contributed by atoms with van der Waals surface area (Å²) >= 11 is 0. The molecule has 0 unspecified atom stereocenters. The Morgan fingerprint density at radius 1 is 0.897 bits per heavy atom. The summed E-state index contributed by atoms with van der Waals surface area (Å²) in [6.45, 7) is 16.6. The normalized spacial score (nSPS) is 22.6. The van der Waals surface area contributed by atoms with Gasteiger partial charge in [0.05, 0.1) is 0 Å². The Balaban J connectivity index is 2.31. The van der Waals surface area contributed by atoms with Crippen LogP contribution in [0.25, 0.3) is 0 Å². The largest absolute Gasteiger partial charge is 0.365 e. The van der Waals surface area contributed by atoms with E-state index < -0.39 is 34.6 Å². The zero-order valence-electron chi connectivity index (χ0n) is 24.7. The average Bonchev–Trinajstić information content (AvgIpc) is 2.87. The first-order valence-corrected chi connectivity index (χ1v) is 14.7. The summed E-state index contributed by atoms with van der Waals surface area (Å²) in [5, 5.41) is 10.2. The molecule has 0 aromatic carbocycles. The summed E-state index contributed by atoms with van der Waals surface area (Å²) in [6, 6.07) is 0. The van der Waals surface area contributed by atoms with Crippen LogP contribution < -0.4 is 16.0 Å². The number of nitrogens with zero attached hydrogens (tertiary/aromatic N) is 1. The smallest absolute Gasteiger partial charge is 0.261 e. The van der Waals surface area contributed by atoms with E-state index in [1.54, 1.807) is 17.2 Å². The van der Waals surface area contributed by atoms with Gasteiger partial charge in [-0.1, -0.05) is 57.1 Å². The Morgan fingerprint density at radius 3 is 1.85 bits per heavy atom. The number of ether oxygens (including phenoxy) is 1. The van der Waals surface area contributed by atoms with Crippen LogP contribution in [0.5, 0.6) is 0 Å².